The highest BCUT2D eigenvalue weighted by atomic mass is 16.1. The quantitative estimate of drug-likeness (QED) is 0.792. The molecule has 3 heteroatoms. The Morgan fingerprint density at radius 3 is 2.60 bits per heavy atom. The minimum Gasteiger partial charge on any atom is -0.330 e. The highest BCUT2D eigenvalue weighted by molar-refractivity contribution is 5.92. The fraction of sp³-hybridized carbons (Fsp3) is 0.417. The van der Waals surface area contributed by atoms with E-state index >= 15 is 0 Å². The number of hydrogen-bond acceptors (Lipinski definition) is 2. The highest BCUT2D eigenvalue weighted by Crippen LogP contribution is 2.14. The van der Waals surface area contributed by atoms with Gasteiger partial charge in [0.15, 0.2) is 0 Å². The molecule has 0 fully saturated rings. The summed E-state index contributed by atoms with van der Waals surface area (Å²) in [5.41, 5.74) is 8.65. The lowest BCUT2D eigenvalue weighted by Crippen LogP contribution is -2.26. The van der Waals surface area contributed by atoms with E-state index in [1.54, 1.807) is 0 Å². The van der Waals surface area contributed by atoms with Crippen LogP contribution in [0.25, 0.3) is 0 Å². The molecule has 1 aromatic rings. The van der Waals surface area contributed by atoms with Crippen LogP contribution in [0.1, 0.15) is 18.1 Å². The standard InChI is InChI=1S/C12H18N2O/c1-8-4-5-11(6-9(8)2)14-12(15)10(3)7-13/h4-6,10H,7,13H2,1-3H3,(H,14,15). The Hall–Kier alpha value is -1.35. The van der Waals surface area contributed by atoms with Crippen LogP contribution >= 0.6 is 0 Å². The molecule has 1 unspecified atom stereocenters. The van der Waals surface area contributed by atoms with Crippen LogP contribution < -0.4 is 11.1 Å². The average molecular weight is 206 g/mol. The largest absolute Gasteiger partial charge is 0.330 e. The van der Waals surface area contributed by atoms with Crippen molar-refractivity contribution in [2.45, 2.75) is 20.8 Å². The molecule has 0 aliphatic heterocycles. The van der Waals surface area contributed by atoms with Crippen molar-refractivity contribution in [1.82, 2.24) is 0 Å². The van der Waals surface area contributed by atoms with Gasteiger partial charge in [-0.05, 0) is 37.1 Å². The third-order valence-electron chi connectivity index (χ3n) is 2.58. The van der Waals surface area contributed by atoms with Crippen molar-refractivity contribution < 1.29 is 4.79 Å². The van der Waals surface area contributed by atoms with Crippen molar-refractivity contribution in [2.24, 2.45) is 11.7 Å². The van der Waals surface area contributed by atoms with Gasteiger partial charge in [0.1, 0.15) is 0 Å². The molecule has 0 aliphatic carbocycles. The molecule has 0 radical (unpaired) electrons. The maximum Gasteiger partial charge on any atom is 0.228 e. The number of amides is 1. The minimum atomic E-state index is -0.147. The zero-order valence-electron chi connectivity index (χ0n) is 9.50. The summed E-state index contributed by atoms with van der Waals surface area (Å²) >= 11 is 0. The van der Waals surface area contributed by atoms with Crippen LogP contribution in [0.3, 0.4) is 0 Å². The van der Waals surface area contributed by atoms with Crippen LogP contribution in [0.5, 0.6) is 0 Å². The van der Waals surface area contributed by atoms with Crippen LogP contribution in [-0.4, -0.2) is 12.5 Å². The van der Waals surface area contributed by atoms with Gasteiger partial charge in [0.25, 0.3) is 0 Å². The average Bonchev–Trinajstić information content (AvgIpc) is 2.22. The molecule has 0 heterocycles. The highest BCUT2D eigenvalue weighted by Gasteiger charge is 2.10. The topological polar surface area (TPSA) is 55.1 Å². The maximum atomic E-state index is 11.5. The summed E-state index contributed by atoms with van der Waals surface area (Å²) in [7, 11) is 0. The molecule has 0 spiro atoms. The van der Waals surface area contributed by atoms with Gasteiger partial charge in [-0.2, -0.15) is 0 Å². The third kappa shape index (κ3) is 3.06. The smallest absolute Gasteiger partial charge is 0.228 e. The molecule has 1 amide bonds. The van der Waals surface area contributed by atoms with Crippen molar-refractivity contribution in [3.63, 3.8) is 0 Å². The molecule has 0 aromatic heterocycles. The Morgan fingerprint density at radius 2 is 2.07 bits per heavy atom. The number of anilines is 1. The zero-order chi connectivity index (χ0) is 11.4. The molecule has 3 nitrogen and oxygen atoms in total. The first-order chi connectivity index (χ1) is 7.04. The maximum absolute atomic E-state index is 11.5. The molecule has 1 rings (SSSR count). The van der Waals surface area contributed by atoms with Crippen molar-refractivity contribution in [1.29, 1.82) is 0 Å². The number of benzene rings is 1. The fourth-order valence-corrected chi connectivity index (χ4v) is 1.19. The van der Waals surface area contributed by atoms with Gasteiger partial charge in [0.2, 0.25) is 5.91 Å². The predicted octanol–water partition coefficient (Wildman–Crippen LogP) is 1.84. The number of nitrogens with two attached hydrogens (primary N) is 1. The van der Waals surface area contributed by atoms with Gasteiger partial charge in [-0.3, -0.25) is 4.79 Å². The molecule has 0 aliphatic rings. The summed E-state index contributed by atoms with van der Waals surface area (Å²) in [6.45, 7) is 6.26. The van der Waals surface area contributed by atoms with E-state index < -0.39 is 0 Å². The van der Waals surface area contributed by atoms with Crippen LogP contribution in [-0.2, 0) is 4.79 Å². The normalized spacial score (nSPS) is 12.3. The molecule has 82 valence electrons. The van der Waals surface area contributed by atoms with Gasteiger partial charge in [-0.15, -0.1) is 0 Å². The number of hydrogen-bond donors (Lipinski definition) is 2. The summed E-state index contributed by atoms with van der Waals surface area (Å²) in [6, 6.07) is 5.87. The Kier molecular flexibility index (Phi) is 3.86. The van der Waals surface area contributed by atoms with Gasteiger partial charge in [-0.1, -0.05) is 13.0 Å². The predicted molar refractivity (Wildman–Crippen MR) is 62.8 cm³/mol. The number of carbonyl (C=O) groups is 1. The molecule has 15 heavy (non-hydrogen) atoms. The fourth-order valence-electron chi connectivity index (χ4n) is 1.19. The van der Waals surface area contributed by atoms with E-state index in [-0.39, 0.29) is 11.8 Å². The lowest BCUT2D eigenvalue weighted by Gasteiger charge is -2.11. The molecule has 1 aromatic carbocycles. The number of nitrogens with one attached hydrogen (secondary N) is 1. The van der Waals surface area contributed by atoms with E-state index in [0.717, 1.165) is 5.69 Å². The number of rotatable bonds is 3. The minimum absolute atomic E-state index is 0.0271. The van der Waals surface area contributed by atoms with Crippen molar-refractivity contribution in [3.8, 4) is 0 Å². The van der Waals surface area contributed by atoms with E-state index in [4.69, 9.17) is 5.73 Å². The van der Waals surface area contributed by atoms with Gasteiger partial charge in [0, 0.05) is 18.2 Å². The lowest BCUT2D eigenvalue weighted by atomic mass is 10.1. The Labute approximate surface area is 90.7 Å². The van der Waals surface area contributed by atoms with Crippen LogP contribution in [0, 0.1) is 19.8 Å². The molecule has 3 N–H and O–H groups in total. The first-order valence-electron chi connectivity index (χ1n) is 5.12. The zero-order valence-corrected chi connectivity index (χ0v) is 9.50. The van der Waals surface area contributed by atoms with Gasteiger partial charge >= 0.3 is 0 Å². The van der Waals surface area contributed by atoms with Gasteiger partial charge < -0.3 is 11.1 Å². The molecule has 1 atom stereocenters. The second-order valence-electron chi connectivity index (χ2n) is 3.93. The number of aryl methyl sites for hydroxylation is 2. The molecular formula is C12H18N2O. The van der Waals surface area contributed by atoms with E-state index in [0.29, 0.717) is 6.54 Å². The van der Waals surface area contributed by atoms with Crippen LogP contribution in [0.2, 0.25) is 0 Å². The monoisotopic (exact) mass is 206 g/mol. The SMILES string of the molecule is Cc1ccc(NC(=O)C(C)CN)cc1C. The van der Waals surface area contributed by atoms with Crippen molar-refractivity contribution in [2.75, 3.05) is 11.9 Å². The molecule has 0 bridgehead atoms. The Morgan fingerprint density at radius 1 is 1.40 bits per heavy atom. The third-order valence-corrected chi connectivity index (χ3v) is 2.58. The summed E-state index contributed by atoms with van der Waals surface area (Å²) in [4.78, 5) is 11.5. The number of carbonyl (C=O) groups excluding carboxylic acids is 1. The first kappa shape index (κ1) is 11.7. The van der Waals surface area contributed by atoms with E-state index in [1.807, 2.05) is 39.0 Å². The molecule has 0 saturated carbocycles. The summed E-state index contributed by atoms with van der Waals surface area (Å²) in [5, 5.41) is 2.84. The van der Waals surface area contributed by atoms with E-state index in [1.165, 1.54) is 11.1 Å². The Balaban J connectivity index is 2.73. The van der Waals surface area contributed by atoms with Crippen molar-refractivity contribution >= 4 is 11.6 Å². The van der Waals surface area contributed by atoms with E-state index in [9.17, 15) is 4.79 Å². The van der Waals surface area contributed by atoms with E-state index in [2.05, 4.69) is 5.32 Å². The second kappa shape index (κ2) is 4.94. The summed E-state index contributed by atoms with van der Waals surface area (Å²) in [5.74, 6) is -0.174. The van der Waals surface area contributed by atoms with Crippen LogP contribution in [0.4, 0.5) is 5.69 Å². The molecular weight excluding hydrogens is 188 g/mol. The van der Waals surface area contributed by atoms with Crippen molar-refractivity contribution in [3.05, 3.63) is 29.3 Å². The summed E-state index contributed by atoms with van der Waals surface area (Å²) < 4.78 is 0. The van der Waals surface area contributed by atoms with Crippen LogP contribution in [0.15, 0.2) is 18.2 Å². The first-order valence-corrected chi connectivity index (χ1v) is 5.12. The second-order valence-corrected chi connectivity index (χ2v) is 3.93. The lowest BCUT2D eigenvalue weighted by molar-refractivity contribution is -0.119. The van der Waals surface area contributed by atoms with Gasteiger partial charge in [0.05, 0.1) is 0 Å². The van der Waals surface area contributed by atoms with Gasteiger partial charge in [-0.25, -0.2) is 0 Å². The summed E-state index contributed by atoms with van der Waals surface area (Å²) in [6.07, 6.45) is 0. The molecule has 0 saturated heterocycles. The Bertz CT molecular complexity index is 361.